The van der Waals surface area contributed by atoms with E-state index in [1.807, 2.05) is 70.2 Å². The van der Waals surface area contributed by atoms with Crippen LogP contribution in [0, 0.1) is 6.92 Å². The van der Waals surface area contributed by atoms with E-state index in [-0.39, 0.29) is 23.2 Å². The van der Waals surface area contributed by atoms with E-state index in [2.05, 4.69) is 17.1 Å². The van der Waals surface area contributed by atoms with Crippen molar-refractivity contribution in [1.29, 1.82) is 0 Å². The molecule has 8 heteroatoms. The number of aryl methyl sites for hydroxylation is 2. The molecule has 0 unspecified atom stereocenters. The number of pyridine rings is 1. The first-order chi connectivity index (χ1) is 18.9. The standard InChI is InChI=1S/C32H38N2O5S/c1-23-6-5-7-28(33-23)22-40(36,37)21-24-8-10-25(11-9-24)26-12-13-29-27(20-26)14-15-32(38-29)16-18-34(19-17-32)30(35)39-31(2,3)4/h5-13,20H,14-19,21-22H2,1-4H3. The molecule has 0 atom stereocenters. The van der Waals surface area contributed by atoms with Crippen molar-refractivity contribution in [2.75, 3.05) is 13.1 Å². The van der Waals surface area contributed by atoms with Gasteiger partial charge in [-0.25, -0.2) is 13.2 Å². The maximum atomic E-state index is 12.8. The van der Waals surface area contributed by atoms with Gasteiger partial charge in [0, 0.05) is 31.6 Å². The largest absolute Gasteiger partial charge is 0.487 e. The molecule has 1 aromatic heterocycles. The summed E-state index contributed by atoms with van der Waals surface area (Å²) < 4.78 is 37.6. The normalized spacial score (nSPS) is 16.8. The number of hydrogen-bond acceptors (Lipinski definition) is 6. The smallest absolute Gasteiger partial charge is 0.410 e. The molecule has 1 spiro atoms. The van der Waals surface area contributed by atoms with Crippen molar-refractivity contribution in [2.24, 2.45) is 0 Å². The van der Waals surface area contributed by atoms with Gasteiger partial charge in [-0.3, -0.25) is 4.98 Å². The number of benzene rings is 2. The van der Waals surface area contributed by atoms with Gasteiger partial charge >= 0.3 is 6.09 Å². The zero-order chi connectivity index (χ0) is 28.5. The number of nitrogens with zero attached hydrogens (tertiary/aromatic N) is 2. The number of amides is 1. The summed E-state index contributed by atoms with van der Waals surface area (Å²) in [6.07, 6.45) is 3.15. The summed E-state index contributed by atoms with van der Waals surface area (Å²) in [7, 11) is -3.33. The van der Waals surface area contributed by atoms with Crippen LogP contribution in [0.15, 0.2) is 60.7 Å². The summed E-state index contributed by atoms with van der Waals surface area (Å²) in [4.78, 5) is 18.6. The number of hydrogen-bond donors (Lipinski definition) is 0. The molecule has 2 aromatic carbocycles. The van der Waals surface area contributed by atoms with Crippen LogP contribution in [0.3, 0.4) is 0 Å². The summed E-state index contributed by atoms with van der Waals surface area (Å²) in [5.74, 6) is 0.823. The Bertz CT molecular complexity index is 1480. The Hall–Kier alpha value is -3.39. The maximum absolute atomic E-state index is 12.8. The molecule has 40 heavy (non-hydrogen) atoms. The molecule has 5 rings (SSSR count). The third-order valence-electron chi connectivity index (χ3n) is 7.55. The van der Waals surface area contributed by atoms with Crippen molar-refractivity contribution in [3.63, 3.8) is 0 Å². The number of ether oxygens (including phenoxy) is 2. The van der Waals surface area contributed by atoms with Crippen LogP contribution < -0.4 is 4.74 Å². The molecular weight excluding hydrogens is 524 g/mol. The van der Waals surface area contributed by atoms with Gasteiger partial charge in [0.25, 0.3) is 0 Å². The predicted molar refractivity (Wildman–Crippen MR) is 156 cm³/mol. The van der Waals surface area contributed by atoms with Crippen molar-refractivity contribution in [3.05, 3.63) is 83.2 Å². The SMILES string of the molecule is Cc1cccc(CS(=O)(=O)Cc2ccc(-c3ccc4c(c3)CCC3(CCN(C(=O)OC(C)(C)C)CC3)O4)cc2)n1. The number of fused-ring (bicyclic) bond motifs is 1. The van der Waals surface area contributed by atoms with E-state index >= 15 is 0 Å². The summed E-state index contributed by atoms with van der Waals surface area (Å²) >= 11 is 0. The molecule has 0 aliphatic carbocycles. The first-order valence-electron chi connectivity index (χ1n) is 13.9. The monoisotopic (exact) mass is 562 g/mol. The zero-order valence-electron chi connectivity index (χ0n) is 23.8. The Kier molecular flexibility index (Phi) is 7.66. The Labute approximate surface area is 237 Å². The van der Waals surface area contributed by atoms with Gasteiger partial charge in [-0.15, -0.1) is 0 Å². The summed E-state index contributed by atoms with van der Waals surface area (Å²) in [6, 6.07) is 19.5. The average Bonchev–Trinajstić information content (AvgIpc) is 2.88. The molecule has 3 aromatic rings. The van der Waals surface area contributed by atoms with Crippen LogP contribution in [0.25, 0.3) is 11.1 Å². The number of sulfone groups is 1. The van der Waals surface area contributed by atoms with Crippen LogP contribution in [-0.4, -0.2) is 48.7 Å². The number of carbonyl (C=O) groups excluding carboxylic acids is 1. The second-order valence-electron chi connectivity index (χ2n) is 12.1. The van der Waals surface area contributed by atoms with Gasteiger partial charge in [0.2, 0.25) is 0 Å². The third-order valence-corrected chi connectivity index (χ3v) is 9.06. The highest BCUT2D eigenvalue weighted by Crippen LogP contribution is 2.41. The highest BCUT2D eigenvalue weighted by molar-refractivity contribution is 7.89. The van der Waals surface area contributed by atoms with Crippen molar-refractivity contribution in [2.45, 2.75) is 76.1 Å². The fourth-order valence-corrected chi connectivity index (χ4v) is 6.89. The van der Waals surface area contributed by atoms with E-state index < -0.39 is 15.4 Å². The number of rotatable bonds is 5. The minimum absolute atomic E-state index is 0.0195. The fourth-order valence-electron chi connectivity index (χ4n) is 5.48. The minimum Gasteiger partial charge on any atom is -0.487 e. The molecule has 0 N–H and O–H groups in total. The van der Waals surface area contributed by atoms with Crippen LogP contribution in [0.5, 0.6) is 5.75 Å². The lowest BCUT2D eigenvalue weighted by atomic mass is 9.82. The minimum atomic E-state index is -3.33. The van der Waals surface area contributed by atoms with Crippen LogP contribution >= 0.6 is 0 Å². The molecule has 3 heterocycles. The first kappa shape index (κ1) is 28.1. The quantitative estimate of drug-likeness (QED) is 0.365. The average molecular weight is 563 g/mol. The Morgan fingerprint density at radius 3 is 2.35 bits per heavy atom. The second-order valence-corrected chi connectivity index (χ2v) is 14.1. The van der Waals surface area contributed by atoms with E-state index in [0.717, 1.165) is 53.8 Å². The Morgan fingerprint density at radius 1 is 0.975 bits per heavy atom. The van der Waals surface area contributed by atoms with E-state index in [0.29, 0.717) is 18.8 Å². The van der Waals surface area contributed by atoms with Gasteiger partial charge in [-0.05, 0) is 87.1 Å². The lowest BCUT2D eigenvalue weighted by Crippen LogP contribution is -2.52. The number of likely N-dealkylation sites (tertiary alicyclic amines) is 1. The van der Waals surface area contributed by atoms with Crippen LogP contribution in [-0.2, 0) is 32.5 Å². The summed E-state index contributed by atoms with van der Waals surface area (Å²) in [5.41, 5.74) is 4.70. The van der Waals surface area contributed by atoms with Crippen molar-refractivity contribution in [1.82, 2.24) is 9.88 Å². The molecule has 7 nitrogen and oxygen atoms in total. The highest BCUT2D eigenvalue weighted by Gasteiger charge is 2.41. The van der Waals surface area contributed by atoms with Crippen LogP contribution in [0.4, 0.5) is 4.79 Å². The van der Waals surface area contributed by atoms with E-state index in [4.69, 9.17) is 9.47 Å². The number of aromatic nitrogens is 1. The predicted octanol–water partition coefficient (Wildman–Crippen LogP) is 6.27. The van der Waals surface area contributed by atoms with Crippen molar-refractivity contribution >= 4 is 15.9 Å². The Balaban J connectivity index is 1.20. The number of carbonyl (C=O) groups is 1. The second kappa shape index (κ2) is 10.9. The number of piperidine rings is 1. The summed E-state index contributed by atoms with van der Waals surface area (Å²) in [5, 5.41) is 0. The molecule has 2 aliphatic heterocycles. The molecule has 0 bridgehead atoms. The van der Waals surface area contributed by atoms with Crippen molar-refractivity contribution in [3.8, 4) is 16.9 Å². The van der Waals surface area contributed by atoms with Gasteiger partial charge in [0.1, 0.15) is 17.0 Å². The first-order valence-corrected chi connectivity index (χ1v) is 15.7. The van der Waals surface area contributed by atoms with Gasteiger partial charge in [-0.2, -0.15) is 0 Å². The molecule has 0 radical (unpaired) electrons. The van der Waals surface area contributed by atoms with Gasteiger partial charge in [-0.1, -0.05) is 36.4 Å². The summed E-state index contributed by atoms with van der Waals surface area (Å²) in [6.45, 7) is 8.78. The molecule has 1 amide bonds. The fraction of sp³-hybridized carbons (Fsp3) is 0.438. The van der Waals surface area contributed by atoms with E-state index in [1.165, 1.54) is 5.56 Å². The van der Waals surface area contributed by atoms with E-state index in [1.54, 1.807) is 11.0 Å². The molecule has 1 saturated heterocycles. The maximum Gasteiger partial charge on any atom is 0.410 e. The topological polar surface area (TPSA) is 85.8 Å². The molecule has 2 aliphatic rings. The van der Waals surface area contributed by atoms with Crippen molar-refractivity contribution < 1.29 is 22.7 Å². The highest BCUT2D eigenvalue weighted by atomic mass is 32.2. The molecule has 0 saturated carbocycles. The van der Waals surface area contributed by atoms with Crippen LogP contribution in [0.2, 0.25) is 0 Å². The van der Waals surface area contributed by atoms with Crippen LogP contribution in [0.1, 0.15) is 62.5 Å². The van der Waals surface area contributed by atoms with E-state index in [9.17, 15) is 13.2 Å². The van der Waals surface area contributed by atoms with Gasteiger partial charge in [0.15, 0.2) is 9.84 Å². The zero-order valence-corrected chi connectivity index (χ0v) is 24.6. The molecular formula is C32H38N2O5S. The van der Waals surface area contributed by atoms with Gasteiger partial charge in [0.05, 0.1) is 17.2 Å². The lowest BCUT2D eigenvalue weighted by Gasteiger charge is -2.44. The van der Waals surface area contributed by atoms with Gasteiger partial charge < -0.3 is 14.4 Å². The molecule has 1 fully saturated rings. The lowest BCUT2D eigenvalue weighted by molar-refractivity contribution is -0.0272. The molecule has 212 valence electrons. The Morgan fingerprint density at radius 2 is 1.68 bits per heavy atom. The third kappa shape index (κ3) is 6.84.